The number of aliphatic hydroxyl groups is 1. The highest BCUT2D eigenvalue weighted by Crippen LogP contribution is 2.35. The van der Waals surface area contributed by atoms with E-state index in [0.29, 0.717) is 0 Å². The van der Waals surface area contributed by atoms with Gasteiger partial charge in [0.1, 0.15) is 0 Å². The second-order valence-corrected chi connectivity index (χ2v) is 4.81. The molecule has 0 bridgehead atoms. The number of benzene rings is 1. The summed E-state index contributed by atoms with van der Waals surface area (Å²) in [6.07, 6.45) is 1.05. The maximum Gasteiger partial charge on any atom is 0.161 e. The van der Waals surface area contributed by atoms with Crippen molar-refractivity contribution in [1.82, 2.24) is 5.32 Å². The number of fused-ring (bicyclic) bond motifs is 1. The van der Waals surface area contributed by atoms with Crippen LogP contribution in [-0.4, -0.2) is 31.5 Å². The summed E-state index contributed by atoms with van der Waals surface area (Å²) in [7, 11) is 1.65. The predicted molar refractivity (Wildman–Crippen MR) is 70.3 cm³/mol. The molecular formula is C14H21NO3. The lowest BCUT2D eigenvalue weighted by Gasteiger charge is -2.27. The van der Waals surface area contributed by atoms with Gasteiger partial charge in [-0.1, -0.05) is 0 Å². The molecule has 4 heteroatoms. The van der Waals surface area contributed by atoms with Crippen LogP contribution in [0.3, 0.4) is 0 Å². The largest absolute Gasteiger partial charge is 0.493 e. The summed E-state index contributed by atoms with van der Waals surface area (Å²) in [5.41, 5.74) is 2.33. The number of rotatable bonds is 4. The molecule has 1 unspecified atom stereocenters. The molecule has 0 aliphatic carbocycles. The van der Waals surface area contributed by atoms with Crippen molar-refractivity contribution in [2.75, 3.05) is 20.3 Å². The third-order valence-electron chi connectivity index (χ3n) is 3.13. The number of hydrogen-bond donors (Lipinski definition) is 2. The predicted octanol–water partition coefficient (Wildman–Crippen LogP) is 1.66. The zero-order chi connectivity index (χ0) is 13.1. The van der Waals surface area contributed by atoms with E-state index in [1.807, 2.05) is 26.0 Å². The van der Waals surface area contributed by atoms with Crippen LogP contribution in [0, 0.1) is 0 Å². The van der Waals surface area contributed by atoms with Crippen LogP contribution in [0.25, 0.3) is 0 Å². The Morgan fingerprint density at radius 3 is 2.78 bits per heavy atom. The molecule has 1 aromatic rings. The number of ether oxygens (including phenoxy) is 2. The van der Waals surface area contributed by atoms with Crippen LogP contribution in [-0.2, 0) is 6.42 Å². The Hall–Kier alpha value is -1.26. The standard InChI is InChI=1S/C14H21NO3/c1-9(2)18-14-7-11-10(6-13(14)17-3)4-5-15-12(11)8-16/h6-7,9,12,15-16H,4-5,8H2,1-3H3. The third kappa shape index (κ3) is 2.60. The Balaban J connectivity index is 2.41. The second-order valence-electron chi connectivity index (χ2n) is 4.81. The molecule has 2 N–H and O–H groups in total. The van der Waals surface area contributed by atoms with Crippen molar-refractivity contribution in [3.63, 3.8) is 0 Å². The maximum atomic E-state index is 9.40. The van der Waals surface area contributed by atoms with Gasteiger partial charge in [0.25, 0.3) is 0 Å². The molecular weight excluding hydrogens is 230 g/mol. The molecule has 0 fully saturated rings. The van der Waals surface area contributed by atoms with Gasteiger partial charge in [-0.3, -0.25) is 0 Å². The molecule has 1 heterocycles. The summed E-state index contributed by atoms with van der Waals surface area (Å²) in [5.74, 6) is 1.51. The van der Waals surface area contributed by atoms with Crippen LogP contribution in [0.1, 0.15) is 31.0 Å². The van der Waals surface area contributed by atoms with E-state index < -0.39 is 0 Å². The van der Waals surface area contributed by atoms with Gasteiger partial charge in [-0.2, -0.15) is 0 Å². The molecule has 1 aliphatic heterocycles. The summed E-state index contributed by atoms with van der Waals surface area (Å²) in [4.78, 5) is 0. The third-order valence-corrected chi connectivity index (χ3v) is 3.13. The summed E-state index contributed by atoms with van der Waals surface area (Å²) in [6.45, 7) is 4.95. The average molecular weight is 251 g/mol. The fourth-order valence-corrected chi connectivity index (χ4v) is 2.32. The van der Waals surface area contributed by atoms with Crippen molar-refractivity contribution in [2.45, 2.75) is 32.4 Å². The van der Waals surface area contributed by atoms with Gasteiger partial charge in [-0.25, -0.2) is 0 Å². The zero-order valence-electron chi connectivity index (χ0n) is 11.2. The number of methoxy groups -OCH3 is 1. The van der Waals surface area contributed by atoms with Gasteiger partial charge in [0.2, 0.25) is 0 Å². The van der Waals surface area contributed by atoms with Crippen LogP contribution in [0.5, 0.6) is 11.5 Å². The topological polar surface area (TPSA) is 50.7 Å². The number of hydrogen-bond acceptors (Lipinski definition) is 4. The summed E-state index contributed by atoms with van der Waals surface area (Å²) < 4.78 is 11.1. The van der Waals surface area contributed by atoms with E-state index in [4.69, 9.17) is 9.47 Å². The summed E-state index contributed by atoms with van der Waals surface area (Å²) in [5, 5.41) is 12.7. The van der Waals surface area contributed by atoms with Crippen molar-refractivity contribution in [1.29, 1.82) is 0 Å². The fraction of sp³-hybridized carbons (Fsp3) is 0.571. The Morgan fingerprint density at radius 1 is 1.39 bits per heavy atom. The highest BCUT2D eigenvalue weighted by atomic mass is 16.5. The molecule has 2 rings (SSSR count). The SMILES string of the molecule is COc1cc2c(cc1OC(C)C)C(CO)NCC2. The van der Waals surface area contributed by atoms with Gasteiger partial charge in [0.05, 0.1) is 25.9 Å². The Morgan fingerprint density at radius 2 is 2.17 bits per heavy atom. The molecule has 0 amide bonds. The molecule has 1 aromatic carbocycles. The van der Waals surface area contributed by atoms with Crippen molar-refractivity contribution in [3.8, 4) is 11.5 Å². The maximum absolute atomic E-state index is 9.40. The first-order valence-corrected chi connectivity index (χ1v) is 6.37. The average Bonchev–Trinajstić information content (AvgIpc) is 2.36. The first-order chi connectivity index (χ1) is 8.65. The number of nitrogens with one attached hydrogen (secondary N) is 1. The van der Waals surface area contributed by atoms with Gasteiger partial charge >= 0.3 is 0 Å². The van der Waals surface area contributed by atoms with Crippen LogP contribution in [0.15, 0.2) is 12.1 Å². The van der Waals surface area contributed by atoms with E-state index in [0.717, 1.165) is 30.0 Å². The molecule has 1 aliphatic rings. The van der Waals surface area contributed by atoms with E-state index in [-0.39, 0.29) is 18.8 Å². The molecule has 0 aromatic heterocycles. The smallest absolute Gasteiger partial charge is 0.161 e. The van der Waals surface area contributed by atoms with Gasteiger partial charge in [0, 0.05) is 0 Å². The van der Waals surface area contributed by atoms with Crippen molar-refractivity contribution < 1.29 is 14.6 Å². The number of aliphatic hydroxyl groups excluding tert-OH is 1. The molecule has 1 atom stereocenters. The minimum absolute atomic E-state index is 0.00540. The monoisotopic (exact) mass is 251 g/mol. The molecule has 0 spiro atoms. The van der Waals surface area contributed by atoms with E-state index in [9.17, 15) is 5.11 Å². The van der Waals surface area contributed by atoms with E-state index >= 15 is 0 Å². The highest BCUT2D eigenvalue weighted by molar-refractivity contribution is 5.49. The van der Waals surface area contributed by atoms with Crippen LogP contribution < -0.4 is 14.8 Å². The van der Waals surface area contributed by atoms with Crippen molar-refractivity contribution in [3.05, 3.63) is 23.3 Å². The normalized spacial score (nSPS) is 18.6. The lowest BCUT2D eigenvalue weighted by Crippen LogP contribution is -2.32. The molecule has 0 saturated heterocycles. The van der Waals surface area contributed by atoms with Gasteiger partial charge in [-0.05, 0) is 50.1 Å². The first kappa shape index (κ1) is 13.2. The minimum Gasteiger partial charge on any atom is -0.493 e. The van der Waals surface area contributed by atoms with Crippen molar-refractivity contribution >= 4 is 0 Å². The highest BCUT2D eigenvalue weighted by Gasteiger charge is 2.22. The van der Waals surface area contributed by atoms with Gasteiger partial charge < -0.3 is 19.9 Å². The molecule has 18 heavy (non-hydrogen) atoms. The Labute approximate surface area is 108 Å². The zero-order valence-corrected chi connectivity index (χ0v) is 11.2. The second kappa shape index (κ2) is 5.59. The summed E-state index contributed by atoms with van der Waals surface area (Å²) in [6, 6.07) is 4.01. The Kier molecular flexibility index (Phi) is 4.09. The fourth-order valence-electron chi connectivity index (χ4n) is 2.32. The van der Waals surface area contributed by atoms with E-state index in [1.165, 1.54) is 5.56 Å². The lowest BCUT2D eigenvalue weighted by atomic mass is 9.94. The molecule has 0 radical (unpaired) electrons. The quantitative estimate of drug-likeness (QED) is 0.854. The van der Waals surface area contributed by atoms with Crippen LogP contribution in [0.4, 0.5) is 0 Å². The van der Waals surface area contributed by atoms with Gasteiger partial charge in [-0.15, -0.1) is 0 Å². The molecule has 0 saturated carbocycles. The summed E-state index contributed by atoms with van der Waals surface area (Å²) >= 11 is 0. The minimum atomic E-state index is -0.00540. The van der Waals surface area contributed by atoms with E-state index in [2.05, 4.69) is 5.32 Å². The first-order valence-electron chi connectivity index (χ1n) is 6.37. The van der Waals surface area contributed by atoms with Crippen LogP contribution in [0.2, 0.25) is 0 Å². The van der Waals surface area contributed by atoms with E-state index in [1.54, 1.807) is 7.11 Å². The Bertz CT molecular complexity index is 418. The van der Waals surface area contributed by atoms with Crippen LogP contribution >= 0.6 is 0 Å². The van der Waals surface area contributed by atoms with Crippen molar-refractivity contribution in [2.24, 2.45) is 0 Å². The molecule has 4 nitrogen and oxygen atoms in total. The lowest BCUT2D eigenvalue weighted by molar-refractivity contribution is 0.225. The molecule has 100 valence electrons. The van der Waals surface area contributed by atoms with Gasteiger partial charge in [0.15, 0.2) is 11.5 Å².